The summed E-state index contributed by atoms with van der Waals surface area (Å²) in [5, 5.41) is 11.6. The van der Waals surface area contributed by atoms with Crippen molar-refractivity contribution in [1.82, 2.24) is 10.2 Å². The largest absolute Gasteiger partial charge is 0.495 e. The molecule has 0 aliphatic heterocycles. The highest BCUT2D eigenvalue weighted by molar-refractivity contribution is 7.99. The van der Waals surface area contributed by atoms with Crippen molar-refractivity contribution in [2.75, 3.05) is 32.4 Å². The second kappa shape index (κ2) is 10.2. The fraction of sp³-hybridized carbons (Fsp3) is 0.250. The molecule has 0 spiro atoms. The number of halogens is 1. The predicted molar refractivity (Wildman–Crippen MR) is 114 cm³/mol. The van der Waals surface area contributed by atoms with E-state index in [0.29, 0.717) is 45.5 Å². The summed E-state index contributed by atoms with van der Waals surface area (Å²) >= 11 is 7.11. The maximum Gasteiger partial charge on any atom is 0.277 e. The van der Waals surface area contributed by atoms with Crippen LogP contribution in [0, 0.1) is 0 Å². The monoisotopic (exact) mass is 449 g/mol. The molecule has 0 saturated carbocycles. The van der Waals surface area contributed by atoms with Crippen LogP contribution in [0.15, 0.2) is 46.0 Å². The molecule has 30 heavy (non-hydrogen) atoms. The molecule has 0 saturated heterocycles. The van der Waals surface area contributed by atoms with E-state index in [1.165, 1.54) is 7.11 Å². The van der Waals surface area contributed by atoms with E-state index >= 15 is 0 Å². The van der Waals surface area contributed by atoms with E-state index in [1.807, 2.05) is 18.2 Å². The Hall–Kier alpha value is -2.91. The molecule has 1 heterocycles. The van der Waals surface area contributed by atoms with Gasteiger partial charge in [-0.25, -0.2) is 0 Å². The van der Waals surface area contributed by atoms with Crippen LogP contribution in [0.1, 0.15) is 11.5 Å². The van der Waals surface area contributed by atoms with Gasteiger partial charge in [-0.3, -0.25) is 4.79 Å². The van der Waals surface area contributed by atoms with E-state index in [2.05, 4.69) is 15.5 Å². The fourth-order valence-electron chi connectivity index (χ4n) is 2.62. The molecule has 1 amide bonds. The maximum absolute atomic E-state index is 12.2. The minimum absolute atomic E-state index is 0.0909. The number of anilines is 1. The van der Waals surface area contributed by atoms with Crippen molar-refractivity contribution in [2.24, 2.45) is 0 Å². The van der Waals surface area contributed by atoms with Crippen LogP contribution >= 0.6 is 23.4 Å². The molecule has 0 radical (unpaired) electrons. The molecular weight excluding hydrogens is 430 g/mol. The zero-order chi connectivity index (χ0) is 21.5. The van der Waals surface area contributed by atoms with Crippen LogP contribution in [-0.4, -0.2) is 43.2 Å². The number of methoxy groups -OCH3 is 3. The molecule has 0 aliphatic rings. The summed E-state index contributed by atoms with van der Waals surface area (Å²) in [6.07, 6.45) is 0.430. The third kappa shape index (κ3) is 5.58. The molecule has 2 aromatic carbocycles. The Morgan fingerprint density at radius 2 is 1.77 bits per heavy atom. The first-order valence-corrected chi connectivity index (χ1v) is 10.2. The fourth-order valence-corrected chi connectivity index (χ4v) is 3.38. The van der Waals surface area contributed by atoms with Gasteiger partial charge in [0, 0.05) is 5.02 Å². The molecule has 1 aromatic heterocycles. The summed E-state index contributed by atoms with van der Waals surface area (Å²) in [6, 6.07) is 10.5. The van der Waals surface area contributed by atoms with E-state index in [4.69, 9.17) is 30.2 Å². The molecule has 3 rings (SSSR count). The number of carbonyl (C=O) groups excluding carboxylic acids is 1. The summed E-state index contributed by atoms with van der Waals surface area (Å²) in [7, 11) is 4.68. The topological polar surface area (TPSA) is 95.7 Å². The van der Waals surface area contributed by atoms with Crippen LogP contribution in [0.3, 0.4) is 0 Å². The molecule has 3 aromatic rings. The average Bonchev–Trinajstić information content (AvgIpc) is 3.19. The van der Waals surface area contributed by atoms with Gasteiger partial charge in [0.25, 0.3) is 5.22 Å². The Morgan fingerprint density at radius 3 is 2.50 bits per heavy atom. The number of thioether (sulfide) groups is 1. The minimum atomic E-state index is -0.250. The Kier molecular flexibility index (Phi) is 7.42. The summed E-state index contributed by atoms with van der Waals surface area (Å²) in [4.78, 5) is 12.2. The lowest BCUT2D eigenvalue weighted by Gasteiger charge is -2.09. The van der Waals surface area contributed by atoms with E-state index < -0.39 is 0 Å². The van der Waals surface area contributed by atoms with Gasteiger partial charge in [0.15, 0.2) is 11.5 Å². The number of nitrogens with one attached hydrogen (secondary N) is 1. The molecule has 0 aliphatic carbocycles. The predicted octanol–water partition coefficient (Wildman–Crippen LogP) is 4.07. The van der Waals surface area contributed by atoms with Gasteiger partial charge < -0.3 is 23.9 Å². The van der Waals surface area contributed by atoms with E-state index in [-0.39, 0.29) is 11.7 Å². The number of hydrogen-bond acceptors (Lipinski definition) is 8. The van der Waals surface area contributed by atoms with Gasteiger partial charge in [-0.15, -0.1) is 10.2 Å². The number of nitrogens with zero attached hydrogens (tertiary/aromatic N) is 2. The maximum atomic E-state index is 12.2. The Balaban J connectivity index is 1.57. The first-order valence-electron chi connectivity index (χ1n) is 8.82. The number of carbonyl (C=O) groups is 1. The van der Waals surface area contributed by atoms with Crippen molar-refractivity contribution >= 4 is 35.0 Å². The normalized spacial score (nSPS) is 10.5. The van der Waals surface area contributed by atoms with Gasteiger partial charge in [0.05, 0.1) is 39.2 Å². The summed E-state index contributed by atoms with van der Waals surface area (Å²) in [5.74, 6) is 2.06. The zero-order valence-electron chi connectivity index (χ0n) is 16.6. The zero-order valence-corrected chi connectivity index (χ0v) is 18.2. The average molecular weight is 450 g/mol. The molecule has 0 bridgehead atoms. The highest BCUT2D eigenvalue weighted by Gasteiger charge is 2.13. The lowest BCUT2D eigenvalue weighted by Crippen LogP contribution is -2.14. The van der Waals surface area contributed by atoms with Crippen LogP contribution in [0.25, 0.3) is 0 Å². The van der Waals surface area contributed by atoms with Crippen molar-refractivity contribution in [3.8, 4) is 17.2 Å². The molecule has 10 heteroatoms. The Labute approximate surface area is 182 Å². The van der Waals surface area contributed by atoms with Gasteiger partial charge in [-0.1, -0.05) is 29.4 Å². The first kappa shape index (κ1) is 21.8. The molecule has 0 atom stereocenters. The summed E-state index contributed by atoms with van der Waals surface area (Å²) < 4.78 is 21.4. The van der Waals surface area contributed by atoms with Gasteiger partial charge in [0.2, 0.25) is 11.8 Å². The quantitative estimate of drug-likeness (QED) is 0.488. The molecule has 0 unspecified atom stereocenters. The van der Waals surface area contributed by atoms with Crippen LogP contribution in [0.4, 0.5) is 5.69 Å². The van der Waals surface area contributed by atoms with Gasteiger partial charge >= 0.3 is 0 Å². The third-order valence-electron chi connectivity index (χ3n) is 4.01. The van der Waals surface area contributed by atoms with Crippen molar-refractivity contribution in [3.05, 3.63) is 52.9 Å². The van der Waals surface area contributed by atoms with E-state index in [0.717, 1.165) is 17.3 Å². The number of aromatic nitrogens is 2. The number of hydrogen-bond donors (Lipinski definition) is 1. The van der Waals surface area contributed by atoms with Crippen LogP contribution in [-0.2, 0) is 11.2 Å². The van der Waals surface area contributed by atoms with E-state index in [1.54, 1.807) is 32.4 Å². The van der Waals surface area contributed by atoms with Crippen LogP contribution < -0.4 is 19.5 Å². The Bertz CT molecular complexity index is 1030. The van der Waals surface area contributed by atoms with Gasteiger partial charge in [-0.05, 0) is 35.9 Å². The molecule has 1 N–H and O–H groups in total. The highest BCUT2D eigenvalue weighted by Crippen LogP contribution is 2.29. The van der Waals surface area contributed by atoms with E-state index in [9.17, 15) is 4.79 Å². The van der Waals surface area contributed by atoms with Crippen molar-refractivity contribution in [3.63, 3.8) is 0 Å². The highest BCUT2D eigenvalue weighted by atomic mass is 35.5. The molecule has 158 valence electrons. The smallest absolute Gasteiger partial charge is 0.277 e. The van der Waals surface area contributed by atoms with Crippen molar-refractivity contribution in [1.29, 1.82) is 0 Å². The molecule has 0 fully saturated rings. The van der Waals surface area contributed by atoms with Crippen LogP contribution in [0.5, 0.6) is 17.2 Å². The molecule has 8 nitrogen and oxygen atoms in total. The summed E-state index contributed by atoms with van der Waals surface area (Å²) in [5.41, 5.74) is 1.42. The van der Waals surface area contributed by atoms with Crippen LogP contribution in [0.2, 0.25) is 5.02 Å². The third-order valence-corrected chi connectivity index (χ3v) is 5.07. The minimum Gasteiger partial charge on any atom is -0.495 e. The van der Waals surface area contributed by atoms with Crippen molar-refractivity contribution < 1.29 is 23.4 Å². The Morgan fingerprint density at radius 1 is 1.03 bits per heavy atom. The number of benzene rings is 2. The van der Waals surface area contributed by atoms with Gasteiger partial charge in [-0.2, -0.15) is 0 Å². The lowest BCUT2D eigenvalue weighted by atomic mass is 10.1. The standard InChI is InChI=1S/C20H20ClN3O5S/c1-26-15-7-5-13(21)10-14(15)22-18(25)11-30-20-24-23-19(29-20)9-12-4-6-16(27-2)17(8-12)28-3/h4-8,10H,9,11H2,1-3H3,(H,22,25). The first-order chi connectivity index (χ1) is 14.5. The number of amides is 1. The van der Waals surface area contributed by atoms with Gasteiger partial charge in [0.1, 0.15) is 5.75 Å². The number of ether oxygens (including phenoxy) is 3. The lowest BCUT2D eigenvalue weighted by molar-refractivity contribution is -0.113. The SMILES string of the molecule is COc1ccc(Cl)cc1NC(=O)CSc1nnc(Cc2ccc(OC)c(OC)c2)o1. The second-order valence-corrected chi connectivity index (χ2v) is 7.37. The molecular formula is C20H20ClN3O5S. The van der Waals surface area contributed by atoms with Crippen molar-refractivity contribution in [2.45, 2.75) is 11.6 Å². The second-order valence-electron chi connectivity index (χ2n) is 6.01. The summed E-state index contributed by atoms with van der Waals surface area (Å²) in [6.45, 7) is 0. The number of rotatable bonds is 9.